The van der Waals surface area contributed by atoms with Gasteiger partial charge in [-0.15, -0.1) is 0 Å². The fraction of sp³-hybridized carbons (Fsp3) is 0.615. The van der Waals surface area contributed by atoms with Crippen LogP contribution in [0.3, 0.4) is 0 Å². The lowest BCUT2D eigenvalue weighted by Gasteiger charge is -2.28. The van der Waals surface area contributed by atoms with Crippen molar-refractivity contribution in [3.05, 3.63) is 11.1 Å². The lowest BCUT2D eigenvalue weighted by molar-refractivity contribution is -0.343. The van der Waals surface area contributed by atoms with Crippen molar-refractivity contribution >= 4 is 0 Å². The Balaban J connectivity index is 5.86. The Morgan fingerprint density at radius 3 is 1.95 bits per heavy atom. The summed E-state index contributed by atoms with van der Waals surface area (Å²) in [6.07, 6.45) is -5.30. The van der Waals surface area contributed by atoms with Gasteiger partial charge in [-0.3, -0.25) is 0 Å². The standard InChI is InChI=1S/C13H12F7N/c1-3-4-5-6-7-10(9(2)8-21)11(14,15)12(16,17)13(18,19)20/h3-5H2,1-2H3/b10-9-. The van der Waals surface area contributed by atoms with Gasteiger partial charge in [0.2, 0.25) is 0 Å². The van der Waals surface area contributed by atoms with E-state index in [-0.39, 0.29) is 6.42 Å². The molecule has 0 aliphatic heterocycles. The van der Waals surface area contributed by atoms with Gasteiger partial charge in [-0.1, -0.05) is 25.2 Å². The first-order valence-electron chi connectivity index (χ1n) is 5.86. The van der Waals surface area contributed by atoms with E-state index in [1.165, 1.54) is 0 Å². The van der Waals surface area contributed by atoms with Crippen molar-refractivity contribution in [1.82, 2.24) is 0 Å². The van der Waals surface area contributed by atoms with Crippen LogP contribution in [0.15, 0.2) is 11.1 Å². The summed E-state index contributed by atoms with van der Waals surface area (Å²) in [5.41, 5.74) is -2.78. The first-order valence-corrected chi connectivity index (χ1v) is 5.86. The van der Waals surface area contributed by atoms with Crippen LogP contribution in [0.4, 0.5) is 30.7 Å². The minimum atomic E-state index is -6.46. The number of hydrogen-bond donors (Lipinski definition) is 0. The fourth-order valence-corrected chi connectivity index (χ4v) is 1.21. The normalized spacial score (nSPS) is 13.9. The lowest BCUT2D eigenvalue weighted by atomic mass is 9.97. The van der Waals surface area contributed by atoms with E-state index >= 15 is 0 Å². The van der Waals surface area contributed by atoms with E-state index in [2.05, 4.69) is 5.92 Å². The zero-order valence-electron chi connectivity index (χ0n) is 11.2. The Morgan fingerprint density at radius 2 is 1.57 bits per heavy atom. The molecular weight excluding hydrogens is 303 g/mol. The summed E-state index contributed by atoms with van der Waals surface area (Å²) >= 11 is 0. The molecule has 0 aromatic carbocycles. The van der Waals surface area contributed by atoms with Gasteiger partial charge in [0, 0.05) is 12.0 Å². The summed E-state index contributed by atoms with van der Waals surface area (Å²) in [6, 6.07) is 1.13. The maximum absolute atomic E-state index is 13.5. The molecule has 21 heavy (non-hydrogen) atoms. The molecule has 0 heterocycles. The molecule has 118 valence electrons. The van der Waals surface area contributed by atoms with E-state index in [9.17, 15) is 30.7 Å². The Labute approximate surface area is 117 Å². The van der Waals surface area contributed by atoms with Crippen LogP contribution >= 0.6 is 0 Å². The molecule has 0 rings (SSSR count). The monoisotopic (exact) mass is 315 g/mol. The molecule has 0 aromatic rings. The van der Waals surface area contributed by atoms with Crippen molar-refractivity contribution < 1.29 is 30.7 Å². The predicted octanol–water partition coefficient (Wildman–Crippen LogP) is 4.85. The third kappa shape index (κ3) is 4.13. The third-order valence-corrected chi connectivity index (χ3v) is 2.48. The lowest BCUT2D eigenvalue weighted by Crippen LogP contribution is -2.53. The van der Waals surface area contributed by atoms with E-state index < -0.39 is 29.2 Å². The molecule has 0 saturated heterocycles. The molecule has 0 spiro atoms. The van der Waals surface area contributed by atoms with Gasteiger partial charge in [0.25, 0.3) is 0 Å². The highest BCUT2D eigenvalue weighted by Crippen LogP contribution is 2.50. The van der Waals surface area contributed by atoms with Crippen molar-refractivity contribution in [3.63, 3.8) is 0 Å². The summed E-state index contributed by atoms with van der Waals surface area (Å²) in [7, 11) is 0. The summed E-state index contributed by atoms with van der Waals surface area (Å²) in [5, 5.41) is 8.50. The molecule has 8 heteroatoms. The summed E-state index contributed by atoms with van der Waals surface area (Å²) in [5.74, 6) is -8.23. The second-order valence-electron chi connectivity index (χ2n) is 4.16. The summed E-state index contributed by atoms with van der Waals surface area (Å²) < 4.78 is 89.3. The highest BCUT2D eigenvalue weighted by Gasteiger charge is 2.74. The van der Waals surface area contributed by atoms with E-state index in [1.54, 1.807) is 12.8 Å². The van der Waals surface area contributed by atoms with Crippen LogP contribution in [0.25, 0.3) is 0 Å². The van der Waals surface area contributed by atoms with E-state index in [1.807, 2.05) is 0 Å². The zero-order chi connectivity index (χ0) is 16.9. The minimum Gasteiger partial charge on any atom is -0.193 e. The Hall–Kier alpha value is -1.70. The van der Waals surface area contributed by atoms with E-state index in [0.717, 1.165) is 6.07 Å². The van der Waals surface area contributed by atoms with Crippen molar-refractivity contribution in [2.75, 3.05) is 0 Å². The molecule has 0 saturated carbocycles. The van der Waals surface area contributed by atoms with Gasteiger partial charge in [-0.05, 0) is 13.3 Å². The number of halogens is 7. The van der Waals surface area contributed by atoms with E-state index in [0.29, 0.717) is 19.8 Å². The Bertz CT molecular complexity index is 497. The fourth-order valence-electron chi connectivity index (χ4n) is 1.21. The van der Waals surface area contributed by atoms with Crippen LogP contribution in [0.1, 0.15) is 33.1 Å². The highest BCUT2D eigenvalue weighted by atomic mass is 19.4. The van der Waals surface area contributed by atoms with Gasteiger partial charge < -0.3 is 0 Å². The highest BCUT2D eigenvalue weighted by molar-refractivity contribution is 5.45. The quantitative estimate of drug-likeness (QED) is 0.315. The van der Waals surface area contributed by atoms with Crippen LogP contribution in [0.5, 0.6) is 0 Å². The molecule has 0 radical (unpaired) electrons. The molecular formula is C13H12F7N. The van der Waals surface area contributed by atoms with Crippen molar-refractivity contribution in [3.8, 4) is 17.9 Å². The van der Waals surface area contributed by atoms with Gasteiger partial charge in [0.15, 0.2) is 0 Å². The second-order valence-corrected chi connectivity index (χ2v) is 4.16. The molecule has 0 bridgehead atoms. The summed E-state index contributed by atoms with van der Waals surface area (Å²) in [6.45, 7) is 2.47. The third-order valence-electron chi connectivity index (χ3n) is 2.48. The molecule has 0 aliphatic carbocycles. The van der Waals surface area contributed by atoms with E-state index in [4.69, 9.17) is 5.26 Å². The number of allylic oxidation sites excluding steroid dienone is 2. The van der Waals surface area contributed by atoms with Gasteiger partial charge >= 0.3 is 18.0 Å². The maximum atomic E-state index is 13.5. The predicted molar refractivity (Wildman–Crippen MR) is 61.6 cm³/mol. The molecule has 0 N–H and O–H groups in total. The molecule has 0 aromatic heterocycles. The zero-order valence-corrected chi connectivity index (χ0v) is 11.2. The van der Waals surface area contributed by atoms with Crippen LogP contribution in [0.2, 0.25) is 0 Å². The van der Waals surface area contributed by atoms with Crippen LogP contribution < -0.4 is 0 Å². The topological polar surface area (TPSA) is 23.8 Å². The van der Waals surface area contributed by atoms with Gasteiger partial charge in [0.05, 0.1) is 11.6 Å². The van der Waals surface area contributed by atoms with Gasteiger partial charge in [-0.25, -0.2) is 0 Å². The second kappa shape index (κ2) is 6.84. The van der Waals surface area contributed by atoms with Crippen LogP contribution in [-0.2, 0) is 0 Å². The minimum absolute atomic E-state index is 0.0480. The average molecular weight is 315 g/mol. The summed E-state index contributed by atoms with van der Waals surface area (Å²) in [4.78, 5) is 0. The number of hydrogen-bond acceptors (Lipinski definition) is 1. The largest absolute Gasteiger partial charge is 0.460 e. The van der Waals surface area contributed by atoms with Gasteiger partial charge in [0.1, 0.15) is 0 Å². The SMILES string of the molecule is CCCCC#C/C(=C(\C)C#N)C(F)(F)C(F)(F)C(F)(F)F. The smallest absolute Gasteiger partial charge is 0.193 e. The van der Waals surface area contributed by atoms with Crippen LogP contribution in [0, 0.1) is 23.2 Å². The maximum Gasteiger partial charge on any atom is 0.460 e. The van der Waals surface area contributed by atoms with Gasteiger partial charge in [-0.2, -0.15) is 36.0 Å². The Kier molecular flexibility index (Phi) is 6.29. The molecule has 0 atom stereocenters. The average Bonchev–Trinajstić information content (AvgIpc) is 2.36. The van der Waals surface area contributed by atoms with Crippen molar-refractivity contribution in [2.24, 2.45) is 0 Å². The number of rotatable bonds is 4. The molecule has 0 aliphatic rings. The van der Waals surface area contributed by atoms with Crippen LogP contribution in [-0.4, -0.2) is 18.0 Å². The first kappa shape index (κ1) is 19.3. The number of alkyl halides is 7. The Morgan fingerprint density at radius 1 is 1.05 bits per heavy atom. The molecule has 0 unspecified atom stereocenters. The van der Waals surface area contributed by atoms with Crippen molar-refractivity contribution in [2.45, 2.75) is 51.1 Å². The first-order chi connectivity index (χ1) is 9.43. The van der Waals surface area contributed by atoms with Crippen molar-refractivity contribution in [1.29, 1.82) is 5.26 Å². The number of nitrogens with zero attached hydrogens (tertiary/aromatic N) is 1. The molecule has 0 fully saturated rings. The number of nitriles is 1. The molecule has 0 amide bonds. The number of unbranched alkanes of at least 4 members (excludes halogenated alkanes) is 2. The molecule has 1 nitrogen and oxygen atoms in total.